The van der Waals surface area contributed by atoms with Crippen molar-refractivity contribution in [1.82, 2.24) is 9.88 Å². The average molecular weight is 499 g/mol. The Morgan fingerprint density at radius 2 is 1.64 bits per heavy atom. The number of anilines is 3. The lowest BCUT2D eigenvalue weighted by Gasteiger charge is -2.36. The number of rotatable bonds is 5. The van der Waals surface area contributed by atoms with Crippen LogP contribution in [-0.4, -0.2) is 42.0 Å². The first-order chi connectivity index (χ1) is 17.4. The van der Waals surface area contributed by atoms with Crippen LogP contribution in [0.1, 0.15) is 41.3 Å². The molecule has 0 saturated carbocycles. The average Bonchev–Trinajstić information content (AvgIpc) is 2.91. The largest absolute Gasteiger partial charge is 0.368 e. The van der Waals surface area contributed by atoms with E-state index in [2.05, 4.69) is 53.3 Å². The van der Waals surface area contributed by atoms with Crippen molar-refractivity contribution in [2.24, 2.45) is 0 Å². The van der Waals surface area contributed by atoms with E-state index in [-0.39, 0.29) is 5.91 Å². The Kier molecular flexibility index (Phi) is 6.84. The molecule has 2 heterocycles. The van der Waals surface area contributed by atoms with E-state index in [1.165, 1.54) is 11.3 Å². The lowest BCUT2D eigenvalue weighted by molar-refractivity contribution is 0.0748. The third kappa shape index (κ3) is 4.89. The van der Waals surface area contributed by atoms with E-state index < -0.39 is 0 Å². The smallest absolute Gasteiger partial charge is 0.256 e. The summed E-state index contributed by atoms with van der Waals surface area (Å²) in [6, 6.07) is 22.6. The summed E-state index contributed by atoms with van der Waals surface area (Å²) in [4.78, 5) is 22.5. The number of piperazine rings is 1. The van der Waals surface area contributed by atoms with Gasteiger partial charge in [-0.3, -0.25) is 4.79 Å². The van der Waals surface area contributed by atoms with Crippen LogP contribution < -0.4 is 10.2 Å². The predicted molar refractivity (Wildman–Crippen MR) is 150 cm³/mol. The number of benzene rings is 3. The number of pyridine rings is 1. The van der Waals surface area contributed by atoms with Crippen LogP contribution in [0.4, 0.5) is 17.2 Å². The van der Waals surface area contributed by atoms with Crippen LogP contribution in [-0.2, 0) is 0 Å². The van der Waals surface area contributed by atoms with E-state index in [0.717, 1.165) is 35.1 Å². The van der Waals surface area contributed by atoms with Crippen molar-refractivity contribution in [2.45, 2.75) is 26.7 Å². The molecule has 1 aliphatic heterocycles. The molecule has 1 aromatic heterocycles. The lowest BCUT2D eigenvalue weighted by atomic mass is 10.0. The maximum atomic E-state index is 13.6. The van der Waals surface area contributed by atoms with Crippen LogP contribution in [0.25, 0.3) is 10.8 Å². The van der Waals surface area contributed by atoms with E-state index >= 15 is 0 Å². The number of hydrogen-bond acceptors (Lipinski definition) is 4. The van der Waals surface area contributed by atoms with E-state index in [9.17, 15) is 4.79 Å². The number of aromatic nitrogens is 1. The summed E-state index contributed by atoms with van der Waals surface area (Å²) in [5.74, 6) is 1.25. The van der Waals surface area contributed by atoms with Crippen LogP contribution in [0.2, 0.25) is 5.02 Å². The number of amides is 1. The van der Waals surface area contributed by atoms with Gasteiger partial charge in [0.2, 0.25) is 0 Å². The Balaban J connectivity index is 1.33. The molecule has 6 heteroatoms. The minimum atomic E-state index is 0.0263. The molecule has 3 aromatic carbocycles. The summed E-state index contributed by atoms with van der Waals surface area (Å²) in [5.41, 5.74) is 5.07. The summed E-state index contributed by atoms with van der Waals surface area (Å²) in [6.07, 6.45) is 1.69. The fourth-order valence-corrected chi connectivity index (χ4v) is 4.86. The van der Waals surface area contributed by atoms with Gasteiger partial charge >= 0.3 is 0 Å². The second-order valence-corrected chi connectivity index (χ2v) is 10.1. The van der Waals surface area contributed by atoms with Gasteiger partial charge in [-0.05, 0) is 53.6 Å². The summed E-state index contributed by atoms with van der Waals surface area (Å²) in [5, 5.41) is 5.87. The number of aryl methyl sites for hydroxylation is 1. The Hall–Kier alpha value is -3.57. The molecule has 184 valence electrons. The zero-order chi connectivity index (χ0) is 25.2. The first kappa shape index (κ1) is 24.1. The van der Waals surface area contributed by atoms with Crippen LogP contribution in [0.15, 0.2) is 72.9 Å². The molecule has 1 saturated heterocycles. The van der Waals surface area contributed by atoms with Crippen LogP contribution in [0.3, 0.4) is 0 Å². The molecule has 0 radical (unpaired) electrons. The lowest BCUT2D eigenvalue weighted by Crippen LogP contribution is -2.48. The SMILES string of the molecule is Cc1ccc(Nc2ncc(C(=O)N3CCN(c4ccc(C(C)C)cc4)CC3)c3ccccc23)cc1Cl. The van der Waals surface area contributed by atoms with E-state index in [4.69, 9.17) is 11.6 Å². The van der Waals surface area contributed by atoms with Crippen LogP contribution in [0.5, 0.6) is 0 Å². The summed E-state index contributed by atoms with van der Waals surface area (Å²) < 4.78 is 0. The third-order valence-electron chi connectivity index (χ3n) is 6.95. The maximum Gasteiger partial charge on any atom is 0.256 e. The fourth-order valence-electron chi connectivity index (χ4n) is 4.68. The zero-order valence-corrected chi connectivity index (χ0v) is 21.7. The number of hydrogen-bond donors (Lipinski definition) is 1. The first-order valence-electron chi connectivity index (χ1n) is 12.5. The van der Waals surface area contributed by atoms with Gasteiger partial charge in [-0.1, -0.05) is 67.9 Å². The van der Waals surface area contributed by atoms with Crippen molar-refractivity contribution in [3.8, 4) is 0 Å². The Morgan fingerprint density at radius 1 is 0.944 bits per heavy atom. The van der Waals surface area contributed by atoms with E-state index in [0.29, 0.717) is 35.4 Å². The topological polar surface area (TPSA) is 48.5 Å². The van der Waals surface area contributed by atoms with Gasteiger partial charge < -0.3 is 15.1 Å². The first-order valence-corrected chi connectivity index (χ1v) is 12.8. The van der Waals surface area contributed by atoms with Gasteiger partial charge in [-0.25, -0.2) is 4.98 Å². The third-order valence-corrected chi connectivity index (χ3v) is 7.36. The summed E-state index contributed by atoms with van der Waals surface area (Å²) in [7, 11) is 0. The van der Waals surface area contributed by atoms with Gasteiger partial charge in [0, 0.05) is 54.2 Å². The highest BCUT2D eigenvalue weighted by atomic mass is 35.5. The fraction of sp³-hybridized carbons (Fsp3) is 0.267. The predicted octanol–water partition coefficient (Wildman–Crippen LogP) is 7.03. The molecule has 0 spiro atoms. The van der Waals surface area contributed by atoms with Gasteiger partial charge in [-0.2, -0.15) is 0 Å². The normalized spacial score (nSPS) is 13.9. The number of nitrogens with one attached hydrogen (secondary N) is 1. The molecule has 1 N–H and O–H groups in total. The van der Waals surface area contributed by atoms with E-state index in [1.54, 1.807) is 6.20 Å². The van der Waals surface area contributed by atoms with Crippen molar-refractivity contribution in [3.63, 3.8) is 0 Å². The van der Waals surface area contributed by atoms with Crippen molar-refractivity contribution in [1.29, 1.82) is 0 Å². The van der Waals surface area contributed by atoms with Crippen LogP contribution >= 0.6 is 11.6 Å². The minimum Gasteiger partial charge on any atom is -0.368 e. The van der Waals surface area contributed by atoms with Crippen molar-refractivity contribution in [3.05, 3.63) is 94.6 Å². The van der Waals surface area contributed by atoms with Crippen molar-refractivity contribution < 1.29 is 4.79 Å². The quantitative estimate of drug-likeness (QED) is 0.321. The van der Waals surface area contributed by atoms with Crippen molar-refractivity contribution >= 4 is 45.5 Å². The van der Waals surface area contributed by atoms with Crippen molar-refractivity contribution in [2.75, 3.05) is 36.4 Å². The molecule has 36 heavy (non-hydrogen) atoms. The molecule has 0 unspecified atom stereocenters. The molecule has 5 rings (SSSR count). The number of carbonyl (C=O) groups excluding carboxylic acids is 1. The zero-order valence-electron chi connectivity index (χ0n) is 21.0. The van der Waals surface area contributed by atoms with Gasteiger partial charge in [0.25, 0.3) is 5.91 Å². The Labute approximate surface area is 217 Å². The molecule has 1 aliphatic rings. The highest BCUT2D eigenvalue weighted by Crippen LogP contribution is 2.30. The molecule has 4 aromatic rings. The molecule has 1 fully saturated rings. The second kappa shape index (κ2) is 10.2. The standard InChI is InChI=1S/C30H31ClN4O/c1-20(2)22-9-12-24(13-10-22)34-14-16-35(17-15-34)30(36)27-19-32-29(26-7-5-4-6-25(26)27)33-23-11-8-21(3)28(31)18-23/h4-13,18-20H,14-17H2,1-3H3,(H,32,33). The van der Waals surface area contributed by atoms with E-state index in [1.807, 2.05) is 54.3 Å². The Morgan fingerprint density at radius 3 is 2.31 bits per heavy atom. The molecule has 0 atom stereocenters. The highest BCUT2D eigenvalue weighted by Gasteiger charge is 2.24. The van der Waals surface area contributed by atoms with Gasteiger partial charge in [0.1, 0.15) is 5.82 Å². The maximum absolute atomic E-state index is 13.6. The number of nitrogens with zero attached hydrogens (tertiary/aromatic N) is 3. The number of carbonyl (C=O) groups is 1. The number of halogens is 1. The molecule has 0 aliphatic carbocycles. The minimum absolute atomic E-state index is 0.0263. The highest BCUT2D eigenvalue weighted by molar-refractivity contribution is 6.31. The monoisotopic (exact) mass is 498 g/mol. The second-order valence-electron chi connectivity index (χ2n) is 9.68. The summed E-state index contributed by atoms with van der Waals surface area (Å²) in [6.45, 7) is 9.37. The molecule has 0 bridgehead atoms. The molecular formula is C30H31ClN4O. The van der Waals surface area contributed by atoms with Crippen LogP contribution in [0, 0.1) is 6.92 Å². The number of fused-ring (bicyclic) bond motifs is 1. The Bertz CT molecular complexity index is 1390. The summed E-state index contributed by atoms with van der Waals surface area (Å²) >= 11 is 6.31. The molecular weight excluding hydrogens is 468 g/mol. The van der Waals surface area contributed by atoms with Gasteiger partial charge in [0.15, 0.2) is 0 Å². The molecule has 1 amide bonds. The molecule has 5 nitrogen and oxygen atoms in total. The van der Waals surface area contributed by atoms with Gasteiger partial charge in [0.05, 0.1) is 5.56 Å². The van der Waals surface area contributed by atoms with Gasteiger partial charge in [-0.15, -0.1) is 0 Å².